The fourth-order valence-corrected chi connectivity index (χ4v) is 4.86. The van der Waals surface area contributed by atoms with Gasteiger partial charge in [-0.1, -0.05) is 24.3 Å². The van der Waals surface area contributed by atoms with Crippen LogP contribution in [-0.4, -0.2) is 58.9 Å². The molecule has 1 amide bonds. The second-order valence-electron chi connectivity index (χ2n) is 8.63. The van der Waals surface area contributed by atoms with E-state index in [-0.39, 0.29) is 5.91 Å². The lowest BCUT2D eigenvalue weighted by Crippen LogP contribution is -2.47. The van der Waals surface area contributed by atoms with Crippen molar-refractivity contribution < 1.29 is 4.79 Å². The number of carbonyl (C=O) groups excluding carboxylic acids is 1. The van der Waals surface area contributed by atoms with Crippen LogP contribution in [0.5, 0.6) is 0 Å². The van der Waals surface area contributed by atoms with Gasteiger partial charge < -0.3 is 15.1 Å². The number of hydrogen-bond acceptors (Lipinski definition) is 6. The minimum Gasteiger partial charge on any atom is -0.336 e. The van der Waals surface area contributed by atoms with Crippen LogP contribution in [0.2, 0.25) is 0 Å². The average molecular weight is 470 g/mol. The average Bonchev–Trinajstić information content (AvgIpc) is 3.32. The van der Waals surface area contributed by atoms with Gasteiger partial charge >= 0.3 is 0 Å². The number of piperazine rings is 1. The summed E-state index contributed by atoms with van der Waals surface area (Å²) >= 11 is 1.58. The van der Waals surface area contributed by atoms with Gasteiger partial charge in [-0.2, -0.15) is 0 Å². The Bertz CT molecular complexity index is 1290. The Balaban J connectivity index is 1.36. The fraction of sp³-hybridized carbons (Fsp3) is 0.222. The number of amides is 1. The molecule has 7 heteroatoms. The zero-order chi connectivity index (χ0) is 23.5. The summed E-state index contributed by atoms with van der Waals surface area (Å²) in [5, 5.41) is 6.30. The highest BCUT2D eigenvalue weighted by Crippen LogP contribution is 2.34. The van der Waals surface area contributed by atoms with Crippen LogP contribution in [0.1, 0.15) is 15.9 Å². The minimum atomic E-state index is 0.0948. The van der Waals surface area contributed by atoms with Gasteiger partial charge in [0.1, 0.15) is 0 Å². The summed E-state index contributed by atoms with van der Waals surface area (Å²) in [4.78, 5) is 26.2. The van der Waals surface area contributed by atoms with Crippen molar-refractivity contribution in [1.29, 1.82) is 0 Å². The molecule has 0 bridgehead atoms. The van der Waals surface area contributed by atoms with E-state index in [9.17, 15) is 4.79 Å². The van der Waals surface area contributed by atoms with Crippen LogP contribution < -0.4 is 5.32 Å². The molecule has 0 radical (unpaired) electrons. The topological polar surface area (TPSA) is 61.4 Å². The van der Waals surface area contributed by atoms with E-state index in [4.69, 9.17) is 4.98 Å². The number of aromatic nitrogens is 2. The van der Waals surface area contributed by atoms with Crippen molar-refractivity contribution in [3.63, 3.8) is 0 Å². The number of rotatable bonds is 5. The molecule has 2 aromatic heterocycles. The molecule has 1 fully saturated rings. The predicted molar refractivity (Wildman–Crippen MR) is 139 cm³/mol. The highest BCUT2D eigenvalue weighted by Gasteiger charge is 2.20. The third-order valence-corrected chi connectivity index (χ3v) is 6.86. The molecule has 6 nitrogen and oxygen atoms in total. The zero-order valence-electron chi connectivity index (χ0n) is 19.4. The Labute approximate surface area is 203 Å². The molecule has 1 saturated heterocycles. The van der Waals surface area contributed by atoms with Crippen LogP contribution in [0.3, 0.4) is 0 Å². The number of aryl methyl sites for hydroxylation is 1. The van der Waals surface area contributed by atoms with Crippen molar-refractivity contribution in [2.45, 2.75) is 6.92 Å². The number of anilines is 2. The molecule has 0 saturated carbocycles. The van der Waals surface area contributed by atoms with Gasteiger partial charge in [0, 0.05) is 66.3 Å². The van der Waals surface area contributed by atoms with E-state index in [0.717, 1.165) is 64.9 Å². The summed E-state index contributed by atoms with van der Waals surface area (Å²) in [7, 11) is 2.09. The van der Waals surface area contributed by atoms with Gasteiger partial charge in [-0.25, -0.2) is 4.98 Å². The maximum atomic E-state index is 12.9. The lowest BCUT2D eigenvalue weighted by Gasteiger charge is -2.32. The summed E-state index contributed by atoms with van der Waals surface area (Å²) in [6.07, 6.45) is 3.65. The molecular weight excluding hydrogens is 442 g/mol. The van der Waals surface area contributed by atoms with E-state index < -0.39 is 0 Å². The van der Waals surface area contributed by atoms with Crippen molar-refractivity contribution in [3.05, 3.63) is 83.5 Å². The van der Waals surface area contributed by atoms with Crippen LogP contribution in [0, 0.1) is 6.92 Å². The number of carbonyl (C=O) groups is 1. The molecule has 1 N–H and O–H groups in total. The van der Waals surface area contributed by atoms with E-state index in [2.05, 4.69) is 46.7 Å². The van der Waals surface area contributed by atoms with Gasteiger partial charge in [0.25, 0.3) is 5.91 Å². The first-order chi connectivity index (χ1) is 16.6. The van der Waals surface area contributed by atoms with E-state index in [1.54, 1.807) is 17.5 Å². The summed E-state index contributed by atoms with van der Waals surface area (Å²) in [6.45, 7) is 5.44. The van der Waals surface area contributed by atoms with Gasteiger partial charge in [0.2, 0.25) is 0 Å². The molecule has 0 spiro atoms. The lowest BCUT2D eigenvalue weighted by atomic mass is 9.99. The molecule has 0 unspecified atom stereocenters. The molecule has 3 heterocycles. The van der Waals surface area contributed by atoms with Crippen molar-refractivity contribution in [2.24, 2.45) is 0 Å². The molecule has 34 heavy (non-hydrogen) atoms. The van der Waals surface area contributed by atoms with Gasteiger partial charge in [0.15, 0.2) is 5.13 Å². The molecule has 172 valence electrons. The quantitative estimate of drug-likeness (QED) is 0.429. The summed E-state index contributed by atoms with van der Waals surface area (Å²) in [6, 6.07) is 18.1. The first-order valence-corrected chi connectivity index (χ1v) is 12.3. The molecule has 1 aliphatic heterocycles. The van der Waals surface area contributed by atoms with Crippen LogP contribution in [0.4, 0.5) is 10.8 Å². The van der Waals surface area contributed by atoms with Gasteiger partial charge in [-0.3, -0.25) is 9.78 Å². The van der Waals surface area contributed by atoms with Gasteiger partial charge in [0.05, 0.1) is 5.69 Å². The molecule has 1 aliphatic rings. The predicted octanol–water partition coefficient (Wildman–Crippen LogP) is 5.31. The molecular formula is C27H27N5OS. The summed E-state index contributed by atoms with van der Waals surface area (Å²) in [5.41, 5.74) is 6.87. The van der Waals surface area contributed by atoms with Crippen molar-refractivity contribution >= 4 is 28.1 Å². The van der Waals surface area contributed by atoms with Gasteiger partial charge in [-0.05, 0) is 55.4 Å². The number of thiazole rings is 1. The second kappa shape index (κ2) is 9.75. The number of pyridine rings is 1. The number of benzene rings is 2. The number of nitrogens with one attached hydrogen (secondary N) is 1. The SMILES string of the molecule is Cc1cccc(Nc2nc(-c3ccncc3-c3ccc(C(=O)N4CCN(C)CC4)cc3)cs2)c1. The first-order valence-electron chi connectivity index (χ1n) is 11.4. The van der Waals surface area contributed by atoms with E-state index in [1.165, 1.54) is 5.56 Å². The highest BCUT2D eigenvalue weighted by molar-refractivity contribution is 7.14. The largest absolute Gasteiger partial charge is 0.336 e. The Morgan fingerprint density at radius 2 is 1.79 bits per heavy atom. The van der Waals surface area contributed by atoms with Crippen LogP contribution in [-0.2, 0) is 0 Å². The van der Waals surface area contributed by atoms with Crippen LogP contribution in [0.25, 0.3) is 22.4 Å². The summed E-state index contributed by atoms with van der Waals surface area (Å²) < 4.78 is 0. The first kappa shape index (κ1) is 22.3. The third-order valence-electron chi connectivity index (χ3n) is 6.10. The normalized spacial score (nSPS) is 14.2. The van der Waals surface area contributed by atoms with E-state index in [1.807, 2.05) is 53.6 Å². The summed E-state index contributed by atoms with van der Waals surface area (Å²) in [5.74, 6) is 0.0948. The smallest absolute Gasteiger partial charge is 0.253 e. The highest BCUT2D eigenvalue weighted by atomic mass is 32.1. The molecule has 5 rings (SSSR count). The minimum absolute atomic E-state index is 0.0948. The molecule has 4 aromatic rings. The van der Waals surface area contributed by atoms with E-state index in [0.29, 0.717) is 0 Å². The van der Waals surface area contributed by atoms with E-state index >= 15 is 0 Å². The second-order valence-corrected chi connectivity index (χ2v) is 9.48. The molecule has 0 aliphatic carbocycles. The fourth-order valence-electron chi connectivity index (χ4n) is 4.13. The van der Waals surface area contributed by atoms with Crippen LogP contribution in [0.15, 0.2) is 72.4 Å². The maximum Gasteiger partial charge on any atom is 0.253 e. The Morgan fingerprint density at radius 1 is 1.00 bits per heavy atom. The zero-order valence-corrected chi connectivity index (χ0v) is 20.2. The monoisotopic (exact) mass is 469 g/mol. The Hall–Kier alpha value is -3.55. The number of nitrogens with zero attached hydrogens (tertiary/aromatic N) is 4. The van der Waals surface area contributed by atoms with Crippen molar-refractivity contribution in [3.8, 4) is 22.4 Å². The number of likely N-dealkylation sites (N-methyl/N-ethyl adjacent to an activating group) is 1. The Kier molecular flexibility index (Phi) is 6.38. The Morgan fingerprint density at radius 3 is 2.56 bits per heavy atom. The lowest BCUT2D eigenvalue weighted by molar-refractivity contribution is 0.0664. The van der Waals surface area contributed by atoms with Gasteiger partial charge in [-0.15, -0.1) is 11.3 Å². The standard InChI is InChI=1S/C27H27N5OS/c1-19-4-3-5-22(16-19)29-27-30-25(18-34-27)23-10-11-28-17-24(23)20-6-8-21(9-7-20)26(33)32-14-12-31(2)13-15-32/h3-11,16-18H,12-15H2,1-2H3,(H,29,30). The van der Waals surface area contributed by atoms with Crippen molar-refractivity contribution in [2.75, 3.05) is 38.5 Å². The maximum absolute atomic E-state index is 12.9. The number of hydrogen-bond donors (Lipinski definition) is 1. The van der Waals surface area contributed by atoms with Crippen molar-refractivity contribution in [1.82, 2.24) is 19.8 Å². The third kappa shape index (κ3) is 4.85. The molecule has 0 atom stereocenters. The van der Waals surface area contributed by atoms with Crippen LogP contribution >= 0.6 is 11.3 Å². The molecule has 2 aromatic carbocycles.